The quantitative estimate of drug-likeness (QED) is 0.844. The molecule has 1 aliphatic heterocycles. The van der Waals surface area contributed by atoms with E-state index in [0.717, 1.165) is 36.8 Å². The van der Waals surface area contributed by atoms with Crippen LogP contribution in [0.15, 0.2) is 6.07 Å². The molecule has 1 aliphatic rings. The number of hydrogen-bond donors (Lipinski definition) is 2. The van der Waals surface area contributed by atoms with E-state index in [1.54, 1.807) is 0 Å². The van der Waals surface area contributed by atoms with Gasteiger partial charge in [-0.05, 0) is 44.8 Å². The molecule has 1 aromatic heterocycles. The largest absolute Gasteiger partial charge is 0.373 e. The number of anilines is 2. The van der Waals surface area contributed by atoms with Crippen molar-refractivity contribution in [1.29, 1.82) is 0 Å². The van der Waals surface area contributed by atoms with Crippen LogP contribution in [-0.2, 0) is 6.42 Å². The summed E-state index contributed by atoms with van der Waals surface area (Å²) >= 11 is 0. The van der Waals surface area contributed by atoms with Gasteiger partial charge in [0.25, 0.3) is 0 Å². The molecule has 0 radical (unpaired) electrons. The molecule has 0 aliphatic carbocycles. The normalized spacial score (nSPS) is 18.5. The maximum Gasteiger partial charge on any atom is 0.133 e. The highest BCUT2D eigenvalue weighted by Crippen LogP contribution is 2.30. The lowest BCUT2D eigenvalue weighted by Crippen LogP contribution is -2.40. The smallest absolute Gasteiger partial charge is 0.133 e. The first-order valence-corrected chi connectivity index (χ1v) is 8.03. The Hall–Kier alpha value is -1.36. The van der Waals surface area contributed by atoms with Crippen LogP contribution in [0.25, 0.3) is 0 Å². The van der Waals surface area contributed by atoms with Gasteiger partial charge in [-0.2, -0.15) is 0 Å². The summed E-state index contributed by atoms with van der Waals surface area (Å²) in [5.41, 5.74) is 0.363. The topological polar surface area (TPSA) is 53.1 Å². The van der Waals surface area contributed by atoms with E-state index in [1.165, 1.54) is 25.9 Å². The standard InChI is InChI=1S/C16H29N5/c1-5-6-13-19-14(17-3)11-15(20-13)18-12-16(2)7-9-21(4)10-8-16/h11H,5-10,12H2,1-4H3,(H2,17,18,19,20). The summed E-state index contributed by atoms with van der Waals surface area (Å²) in [4.78, 5) is 11.5. The fraction of sp³-hybridized carbons (Fsp3) is 0.750. The predicted octanol–water partition coefficient (Wildman–Crippen LogP) is 2.61. The maximum absolute atomic E-state index is 4.63. The van der Waals surface area contributed by atoms with Gasteiger partial charge >= 0.3 is 0 Å². The minimum absolute atomic E-state index is 0.363. The summed E-state index contributed by atoms with van der Waals surface area (Å²) in [6.45, 7) is 7.88. The SMILES string of the molecule is CCCc1nc(NC)cc(NCC2(C)CCN(C)CC2)n1. The fourth-order valence-electron chi connectivity index (χ4n) is 2.69. The lowest BCUT2D eigenvalue weighted by atomic mass is 9.80. The van der Waals surface area contributed by atoms with Crippen LogP contribution >= 0.6 is 0 Å². The molecule has 0 atom stereocenters. The van der Waals surface area contributed by atoms with Crippen molar-refractivity contribution < 1.29 is 0 Å². The second-order valence-electron chi connectivity index (χ2n) is 6.52. The molecule has 1 fully saturated rings. The molecule has 5 nitrogen and oxygen atoms in total. The predicted molar refractivity (Wildman–Crippen MR) is 88.9 cm³/mol. The molecule has 0 saturated carbocycles. The average molecular weight is 291 g/mol. The van der Waals surface area contributed by atoms with E-state index in [0.29, 0.717) is 5.41 Å². The first-order valence-electron chi connectivity index (χ1n) is 8.03. The molecule has 0 spiro atoms. The molecule has 118 valence electrons. The zero-order valence-corrected chi connectivity index (χ0v) is 13.9. The molecule has 21 heavy (non-hydrogen) atoms. The number of likely N-dealkylation sites (tertiary alicyclic amines) is 1. The lowest BCUT2D eigenvalue weighted by molar-refractivity contribution is 0.150. The third-order valence-corrected chi connectivity index (χ3v) is 4.39. The second-order valence-corrected chi connectivity index (χ2v) is 6.52. The van der Waals surface area contributed by atoms with Crippen LogP contribution < -0.4 is 10.6 Å². The number of hydrogen-bond acceptors (Lipinski definition) is 5. The van der Waals surface area contributed by atoms with Gasteiger partial charge in [-0.1, -0.05) is 13.8 Å². The summed E-state index contributed by atoms with van der Waals surface area (Å²) in [7, 11) is 4.10. The van der Waals surface area contributed by atoms with Crippen LogP contribution in [0, 0.1) is 5.41 Å². The number of aromatic nitrogens is 2. The lowest BCUT2D eigenvalue weighted by Gasteiger charge is -2.38. The van der Waals surface area contributed by atoms with Crippen LogP contribution in [0.3, 0.4) is 0 Å². The van der Waals surface area contributed by atoms with Crippen LogP contribution in [0.4, 0.5) is 11.6 Å². The summed E-state index contributed by atoms with van der Waals surface area (Å²) in [6.07, 6.45) is 4.47. The monoisotopic (exact) mass is 291 g/mol. The van der Waals surface area contributed by atoms with Crippen molar-refractivity contribution in [2.45, 2.75) is 39.5 Å². The molecule has 0 unspecified atom stereocenters. The van der Waals surface area contributed by atoms with Crippen molar-refractivity contribution in [3.8, 4) is 0 Å². The number of rotatable bonds is 6. The minimum Gasteiger partial charge on any atom is -0.373 e. The highest BCUT2D eigenvalue weighted by Gasteiger charge is 2.28. The molecule has 1 aromatic rings. The van der Waals surface area contributed by atoms with Crippen molar-refractivity contribution >= 4 is 11.6 Å². The molecule has 2 N–H and O–H groups in total. The Morgan fingerprint density at radius 1 is 1.24 bits per heavy atom. The van der Waals surface area contributed by atoms with E-state index in [1.807, 2.05) is 13.1 Å². The number of piperidine rings is 1. The summed E-state index contributed by atoms with van der Waals surface area (Å²) < 4.78 is 0. The summed E-state index contributed by atoms with van der Waals surface area (Å²) in [5.74, 6) is 2.75. The van der Waals surface area contributed by atoms with Gasteiger partial charge in [0.2, 0.25) is 0 Å². The third kappa shape index (κ3) is 4.56. The first kappa shape index (κ1) is 16.0. The van der Waals surface area contributed by atoms with E-state index < -0.39 is 0 Å². The third-order valence-electron chi connectivity index (χ3n) is 4.39. The van der Waals surface area contributed by atoms with Crippen molar-refractivity contribution in [3.05, 3.63) is 11.9 Å². The Kier molecular flexibility index (Phi) is 5.39. The van der Waals surface area contributed by atoms with E-state index in [4.69, 9.17) is 0 Å². The summed E-state index contributed by atoms with van der Waals surface area (Å²) in [5, 5.41) is 6.66. The van der Waals surface area contributed by atoms with Gasteiger partial charge in [-0.25, -0.2) is 9.97 Å². The summed E-state index contributed by atoms with van der Waals surface area (Å²) in [6, 6.07) is 2.00. The molecule has 0 aromatic carbocycles. The first-order chi connectivity index (χ1) is 10.0. The Morgan fingerprint density at radius 2 is 1.90 bits per heavy atom. The van der Waals surface area contributed by atoms with Gasteiger partial charge in [0.15, 0.2) is 0 Å². The Balaban J connectivity index is 2.00. The Morgan fingerprint density at radius 3 is 2.52 bits per heavy atom. The highest BCUT2D eigenvalue weighted by atomic mass is 15.1. The van der Waals surface area contributed by atoms with E-state index >= 15 is 0 Å². The van der Waals surface area contributed by atoms with Gasteiger partial charge in [0.05, 0.1) is 0 Å². The van der Waals surface area contributed by atoms with Crippen molar-refractivity contribution in [2.75, 3.05) is 44.4 Å². The molecule has 0 bridgehead atoms. The van der Waals surface area contributed by atoms with Crippen LogP contribution in [-0.4, -0.2) is 48.6 Å². The van der Waals surface area contributed by atoms with Crippen LogP contribution in [0.1, 0.15) is 38.9 Å². The average Bonchev–Trinajstić information content (AvgIpc) is 2.49. The zero-order valence-electron chi connectivity index (χ0n) is 13.9. The zero-order chi connectivity index (χ0) is 15.3. The fourth-order valence-corrected chi connectivity index (χ4v) is 2.69. The molecular formula is C16H29N5. The highest BCUT2D eigenvalue weighted by molar-refractivity contribution is 5.47. The van der Waals surface area contributed by atoms with Crippen LogP contribution in [0.2, 0.25) is 0 Å². The van der Waals surface area contributed by atoms with Crippen molar-refractivity contribution in [2.24, 2.45) is 5.41 Å². The van der Waals surface area contributed by atoms with Crippen molar-refractivity contribution in [3.63, 3.8) is 0 Å². The second kappa shape index (κ2) is 7.07. The molecule has 2 rings (SSSR count). The molecular weight excluding hydrogens is 262 g/mol. The van der Waals surface area contributed by atoms with E-state index in [-0.39, 0.29) is 0 Å². The maximum atomic E-state index is 4.63. The molecule has 5 heteroatoms. The molecule has 1 saturated heterocycles. The Labute approximate surface area is 128 Å². The van der Waals surface area contributed by atoms with Gasteiger partial charge in [-0.15, -0.1) is 0 Å². The van der Waals surface area contributed by atoms with E-state index in [2.05, 4.69) is 46.4 Å². The van der Waals surface area contributed by atoms with Gasteiger partial charge in [0.1, 0.15) is 17.5 Å². The van der Waals surface area contributed by atoms with Crippen LogP contribution in [0.5, 0.6) is 0 Å². The van der Waals surface area contributed by atoms with Crippen molar-refractivity contribution in [1.82, 2.24) is 14.9 Å². The number of nitrogens with zero attached hydrogens (tertiary/aromatic N) is 3. The Bertz CT molecular complexity index is 452. The number of aryl methyl sites for hydroxylation is 1. The van der Waals surface area contributed by atoms with Gasteiger partial charge < -0.3 is 15.5 Å². The van der Waals surface area contributed by atoms with Gasteiger partial charge in [0, 0.05) is 26.1 Å². The molecule has 0 amide bonds. The molecule has 2 heterocycles. The number of nitrogens with one attached hydrogen (secondary N) is 2. The van der Waals surface area contributed by atoms with E-state index in [9.17, 15) is 0 Å². The van der Waals surface area contributed by atoms with Gasteiger partial charge in [-0.3, -0.25) is 0 Å². The minimum atomic E-state index is 0.363.